The summed E-state index contributed by atoms with van der Waals surface area (Å²) in [6.45, 7) is 4.32. The summed E-state index contributed by atoms with van der Waals surface area (Å²) in [5.41, 5.74) is 6.67. The molecule has 1 aromatic carbocycles. The number of nitrogens with two attached hydrogens (primary N) is 1. The highest BCUT2D eigenvalue weighted by atomic mass is 16.7. The van der Waals surface area contributed by atoms with E-state index in [1.807, 2.05) is 26.0 Å². The first-order valence-corrected chi connectivity index (χ1v) is 7.02. The number of rotatable bonds is 6. The zero-order chi connectivity index (χ0) is 15.4. The quantitative estimate of drug-likeness (QED) is 0.820. The zero-order valence-corrected chi connectivity index (χ0v) is 12.6. The Labute approximate surface area is 124 Å². The van der Waals surface area contributed by atoms with Gasteiger partial charge < -0.3 is 25.3 Å². The molecule has 1 atom stereocenters. The van der Waals surface area contributed by atoms with Crippen molar-refractivity contribution in [3.05, 3.63) is 17.7 Å². The molecule has 1 unspecified atom stereocenters. The predicted octanol–water partition coefficient (Wildman–Crippen LogP) is 1.07. The Bertz CT molecular complexity index is 517. The van der Waals surface area contributed by atoms with Crippen molar-refractivity contribution < 1.29 is 19.0 Å². The van der Waals surface area contributed by atoms with Crippen LogP contribution in [0.4, 0.5) is 0 Å². The first-order valence-electron chi connectivity index (χ1n) is 7.02. The van der Waals surface area contributed by atoms with Crippen molar-refractivity contribution in [2.75, 3.05) is 20.4 Å². The van der Waals surface area contributed by atoms with Gasteiger partial charge in [0.05, 0.1) is 13.0 Å². The number of hydrogen-bond donors (Lipinski definition) is 2. The van der Waals surface area contributed by atoms with Crippen molar-refractivity contribution in [3.63, 3.8) is 0 Å². The lowest BCUT2D eigenvalue weighted by Gasteiger charge is -2.17. The van der Waals surface area contributed by atoms with Crippen molar-refractivity contribution >= 4 is 5.91 Å². The van der Waals surface area contributed by atoms with E-state index in [4.69, 9.17) is 19.9 Å². The fourth-order valence-corrected chi connectivity index (χ4v) is 2.27. The average molecular weight is 294 g/mol. The summed E-state index contributed by atoms with van der Waals surface area (Å²) in [5.74, 6) is 1.54. The first-order chi connectivity index (χ1) is 10.0. The van der Waals surface area contributed by atoms with E-state index in [-0.39, 0.29) is 31.2 Å². The molecule has 6 heteroatoms. The fraction of sp³-hybridized carbons (Fsp3) is 0.533. The molecule has 0 radical (unpaired) electrons. The van der Waals surface area contributed by atoms with Gasteiger partial charge in [-0.15, -0.1) is 0 Å². The third kappa shape index (κ3) is 3.58. The van der Waals surface area contributed by atoms with Crippen LogP contribution in [0.15, 0.2) is 12.1 Å². The Balaban J connectivity index is 2.16. The summed E-state index contributed by atoms with van der Waals surface area (Å²) in [7, 11) is 1.58. The van der Waals surface area contributed by atoms with Crippen molar-refractivity contribution in [1.82, 2.24) is 5.32 Å². The standard InChI is InChI=1S/C15H22N2O4/c1-9(2)17-15(18)11(7-16)4-10-5-12(19-3)14-13(6-10)20-8-21-14/h5-6,9,11H,4,7-8,16H2,1-3H3,(H,17,18). The predicted molar refractivity (Wildman–Crippen MR) is 78.6 cm³/mol. The minimum Gasteiger partial charge on any atom is -0.493 e. The summed E-state index contributed by atoms with van der Waals surface area (Å²) < 4.78 is 16.0. The van der Waals surface area contributed by atoms with Gasteiger partial charge in [-0.1, -0.05) is 0 Å². The molecule has 21 heavy (non-hydrogen) atoms. The van der Waals surface area contributed by atoms with Gasteiger partial charge in [0.15, 0.2) is 11.5 Å². The average Bonchev–Trinajstić information content (AvgIpc) is 2.91. The van der Waals surface area contributed by atoms with E-state index in [9.17, 15) is 4.79 Å². The van der Waals surface area contributed by atoms with Gasteiger partial charge in [-0.2, -0.15) is 0 Å². The van der Waals surface area contributed by atoms with E-state index < -0.39 is 0 Å². The number of ether oxygens (including phenoxy) is 3. The lowest BCUT2D eigenvalue weighted by Crippen LogP contribution is -2.39. The van der Waals surface area contributed by atoms with Crippen molar-refractivity contribution in [2.45, 2.75) is 26.3 Å². The Morgan fingerprint density at radius 1 is 1.43 bits per heavy atom. The minimum atomic E-state index is -0.280. The van der Waals surface area contributed by atoms with Crippen LogP contribution in [0.1, 0.15) is 19.4 Å². The number of carbonyl (C=O) groups excluding carboxylic acids is 1. The van der Waals surface area contributed by atoms with Crippen molar-refractivity contribution in [2.24, 2.45) is 11.7 Å². The topological polar surface area (TPSA) is 82.8 Å². The van der Waals surface area contributed by atoms with Crippen LogP contribution in [0.25, 0.3) is 0 Å². The maximum absolute atomic E-state index is 12.1. The molecule has 0 aliphatic carbocycles. The van der Waals surface area contributed by atoms with Crippen LogP contribution < -0.4 is 25.3 Å². The van der Waals surface area contributed by atoms with Crippen LogP contribution in [0.5, 0.6) is 17.2 Å². The Morgan fingerprint density at radius 3 is 2.81 bits per heavy atom. The molecule has 116 valence electrons. The maximum atomic E-state index is 12.1. The van der Waals surface area contributed by atoms with Crippen molar-refractivity contribution in [3.8, 4) is 17.2 Å². The highest BCUT2D eigenvalue weighted by molar-refractivity contribution is 5.79. The molecule has 2 rings (SSSR count). The smallest absolute Gasteiger partial charge is 0.231 e. The Kier molecular flexibility index (Phi) is 4.90. The molecule has 0 fully saturated rings. The van der Waals surface area contributed by atoms with Crippen LogP contribution in [0.3, 0.4) is 0 Å². The van der Waals surface area contributed by atoms with Gasteiger partial charge in [0, 0.05) is 12.6 Å². The molecule has 1 aromatic rings. The van der Waals surface area contributed by atoms with E-state index in [2.05, 4.69) is 5.32 Å². The third-order valence-corrected chi connectivity index (χ3v) is 3.29. The number of benzene rings is 1. The van der Waals surface area contributed by atoms with E-state index >= 15 is 0 Å². The van der Waals surface area contributed by atoms with Gasteiger partial charge in [0.1, 0.15) is 0 Å². The van der Waals surface area contributed by atoms with Gasteiger partial charge in [0.25, 0.3) is 0 Å². The second kappa shape index (κ2) is 6.67. The second-order valence-electron chi connectivity index (χ2n) is 5.33. The van der Waals surface area contributed by atoms with Crippen LogP contribution in [0.2, 0.25) is 0 Å². The second-order valence-corrected chi connectivity index (χ2v) is 5.33. The molecular weight excluding hydrogens is 272 g/mol. The molecule has 1 amide bonds. The first kappa shape index (κ1) is 15.4. The summed E-state index contributed by atoms with van der Waals surface area (Å²) >= 11 is 0. The lowest BCUT2D eigenvalue weighted by molar-refractivity contribution is -0.125. The largest absolute Gasteiger partial charge is 0.493 e. The summed E-state index contributed by atoms with van der Waals surface area (Å²) in [6.07, 6.45) is 0.530. The molecule has 6 nitrogen and oxygen atoms in total. The number of hydrogen-bond acceptors (Lipinski definition) is 5. The maximum Gasteiger partial charge on any atom is 0.231 e. The monoisotopic (exact) mass is 294 g/mol. The van der Waals surface area contributed by atoms with Crippen LogP contribution in [-0.2, 0) is 11.2 Å². The van der Waals surface area contributed by atoms with Gasteiger partial charge in [-0.05, 0) is 38.0 Å². The molecule has 3 N–H and O–H groups in total. The molecule has 0 bridgehead atoms. The molecule has 0 spiro atoms. The highest BCUT2D eigenvalue weighted by Crippen LogP contribution is 2.42. The molecule has 0 aromatic heterocycles. The number of fused-ring (bicyclic) bond motifs is 1. The Morgan fingerprint density at radius 2 is 2.19 bits per heavy atom. The van der Waals surface area contributed by atoms with Crippen LogP contribution in [0, 0.1) is 5.92 Å². The minimum absolute atomic E-state index is 0.0378. The Hall–Kier alpha value is -1.95. The number of amides is 1. The lowest BCUT2D eigenvalue weighted by atomic mass is 9.97. The van der Waals surface area contributed by atoms with E-state index in [0.29, 0.717) is 23.7 Å². The van der Waals surface area contributed by atoms with Crippen LogP contribution >= 0.6 is 0 Å². The number of methoxy groups -OCH3 is 1. The molecular formula is C15H22N2O4. The van der Waals surface area contributed by atoms with Crippen LogP contribution in [-0.4, -0.2) is 32.4 Å². The molecule has 1 aliphatic rings. The summed E-state index contributed by atoms with van der Waals surface area (Å²) in [4.78, 5) is 12.1. The molecule has 0 saturated carbocycles. The third-order valence-electron chi connectivity index (χ3n) is 3.29. The summed E-state index contributed by atoms with van der Waals surface area (Å²) in [5, 5.41) is 2.89. The SMILES string of the molecule is COc1cc(CC(CN)C(=O)NC(C)C)cc2c1OCO2. The van der Waals surface area contributed by atoms with Gasteiger partial charge in [-0.3, -0.25) is 4.79 Å². The number of carbonyl (C=O) groups is 1. The number of nitrogens with one attached hydrogen (secondary N) is 1. The highest BCUT2D eigenvalue weighted by Gasteiger charge is 2.23. The van der Waals surface area contributed by atoms with Crippen molar-refractivity contribution in [1.29, 1.82) is 0 Å². The van der Waals surface area contributed by atoms with Gasteiger partial charge in [-0.25, -0.2) is 0 Å². The molecule has 0 saturated heterocycles. The van der Waals surface area contributed by atoms with E-state index in [1.54, 1.807) is 7.11 Å². The van der Waals surface area contributed by atoms with E-state index in [1.165, 1.54) is 0 Å². The fourth-order valence-electron chi connectivity index (χ4n) is 2.27. The molecule has 1 aliphatic heterocycles. The zero-order valence-electron chi connectivity index (χ0n) is 12.6. The van der Waals surface area contributed by atoms with E-state index in [0.717, 1.165) is 5.56 Å². The molecule has 1 heterocycles. The summed E-state index contributed by atoms with van der Waals surface area (Å²) in [6, 6.07) is 3.83. The normalized spacial score (nSPS) is 14.1. The van der Waals surface area contributed by atoms with Gasteiger partial charge in [0.2, 0.25) is 18.4 Å². The van der Waals surface area contributed by atoms with Gasteiger partial charge >= 0.3 is 0 Å².